The number of hydrogen-bond donors (Lipinski definition) is 0. The van der Waals surface area contributed by atoms with E-state index in [0.29, 0.717) is 0 Å². The summed E-state index contributed by atoms with van der Waals surface area (Å²) in [4.78, 5) is 0. The van der Waals surface area contributed by atoms with Crippen molar-refractivity contribution in [1.29, 1.82) is 0 Å². The van der Waals surface area contributed by atoms with Crippen molar-refractivity contribution in [1.82, 2.24) is 0 Å². The summed E-state index contributed by atoms with van der Waals surface area (Å²) in [7, 11) is -1.52. The minimum atomic E-state index is -1.52. The van der Waals surface area contributed by atoms with Crippen LogP contribution in [0.5, 0.6) is 0 Å². The molecule has 1 unspecified atom stereocenters. The van der Waals surface area contributed by atoms with E-state index >= 15 is 0 Å². The highest BCUT2D eigenvalue weighted by Crippen LogP contribution is 2.29. The summed E-state index contributed by atoms with van der Waals surface area (Å²) in [5, 5.41) is 0. The predicted molar refractivity (Wildman–Crippen MR) is 79.7 cm³/mol. The Kier molecular flexibility index (Phi) is 9.58. The summed E-state index contributed by atoms with van der Waals surface area (Å²) in [6, 6.07) is 3.91. The third kappa shape index (κ3) is 6.28. The van der Waals surface area contributed by atoms with Crippen LogP contribution in [-0.4, -0.2) is 14.4 Å². The number of rotatable bonds is 9. The van der Waals surface area contributed by atoms with Crippen LogP contribution in [0.3, 0.4) is 0 Å². The van der Waals surface area contributed by atoms with Crippen molar-refractivity contribution in [2.24, 2.45) is 0 Å². The highest BCUT2D eigenvalue weighted by molar-refractivity contribution is 6.73. The third-order valence-electron chi connectivity index (χ3n) is 3.19. The first-order chi connectivity index (χ1) is 8.17. The molecule has 100 valence electrons. The lowest BCUT2D eigenvalue weighted by atomic mass is 10.3. The van der Waals surface area contributed by atoms with Gasteiger partial charge in [0.05, 0.1) is 0 Å². The first kappa shape index (κ1) is 16.7. The smallest absolute Gasteiger partial charge is 0.194 e. The fourth-order valence-electron chi connectivity index (χ4n) is 2.60. The summed E-state index contributed by atoms with van der Waals surface area (Å²) in [6.45, 7) is 10.9. The molecule has 0 bridgehead atoms. The second-order valence-electron chi connectivity index (χ2n) is 4.84. The molecule has 0 aliphatic rings. The van der Waals surface area contributed by atoms with Crippen LogP contribution < -0.4 is 0 Å². The fraction of sp³-hybridized carbons (Fsp3) is 0.867. The van der Waals surface area contributed by atoms with Crippen LogP contribution in [-0.2, 0) is 4.43 Å². The first-order valence-corrected chi connectivity index (χ1v) is 9.81. The molecule has 0 aliphatic carbocycles. The van der Waals surface area contributed by atoms with Crippen LogP contribution in [0.2, 0.25) is 18.1 Å². The van der Waals surface area contributed by atoms with Crippen molar-refractivity contribution >= 4 is 8.32 Å². The van der Waals surface area contributed by atoms with Gasteiger partial charge in [-0.05, 0) is 31.5 Å². The molecule has 0 saturated heterocycles. The zero-order valence-corrected chi connectivity index (χ0v) is 13.4. The average molecular weight is 254 g/mol. The predicted octanol–water partition coefficient (Wildman–Crippen LogP) is 4.98. The minimum absolute atomic E-state index is 0.177. The van der Waals surface area contributed by atoms with Gasteiger partial charge in [-0.25, -0.2) is 0 Å². The lowest BCUT2D eigenvalue weighted by molar-refractivity contribution is 0.234. The van der Waals surface area contributed by atoms with Gasteiger partial charge in [-0.15, -0.1) is 5.92 Å². The highest BCUT2D eigenvalue weighted by atomic mass is 28.4. The Bertz CT molecular complexity index is 222. The van der Waals surface area contributed by atoms with Crippen molar-refractivity contribution in [3.63, 3.8) is 0 Å². The quantitative estimate of drug-likeness (QED) is 0.416. The molecule has 0 heterocycles. The van der Waals surface area contributed by atoms with Crippen LogP contribution in [0, 0.1) is 11.8 Å². The Balaban J connectivity index is 4.76. The molecule has 0 aromatic rings. The molecule has 2 heteroatoms. The normalized spacial score (nSPS) is 13.0. The Hall–Kier alpha value is -0.263. The molecule has 1 atom stereocenters. The molecule has 0 spiro atoms. The van der Waals surface area contributed by atoms with E-state index in [4.69, 9.17) is 4.43 Å². The highest BCUT2D eigenvalue weighted by Gasteiger charge is 2.34. The van der Waals surface area contributed by atoms with Crippen LogP contribution in [0.15, 0.2) is 0 Å². The molecule has 0 aromatic carbocycles. The SMILES string of the molecule is CC#CC(CC)O[Si](CCC)(CCC)CCC. The van der Waals surface area contributed by atoms with Crippen LogP contribution >= 0.6 is 0 Å². The molecule has 0 amide bonds. The maximum absolute atomic E-state index is 6.51. The third-order valence-corrected chi connectivity index (χ3v) is 8.20. The standard InChI is InChI=1S/C15H30OSi/c1-6-11-15(10-5)16-17(12-7-2,13-8-3)14-9-4/h15H,7-10,12-14H2,1-5H3. The zero-order chi connectivity index (χ0) is 13.1. The van der Waals surface area contributed by atoms with Gasteiger partial charge in [0.2, 0.25) is 0 Å². The summed E-state index contributed by atoms with van der Waals surface area (Å²) in [5.74, 6) is 6.24. The van der Waals surface area contributed by atoms with Crippen LogP contribution in [0.4, 0.5) is 0 Å². The van der Waals surface area contributed by atoms with Crippen LogP contribution in [0.25, 0.3) is 0 Å². The second kappa shape index (κ2) is 9.73. The molecule has 0 saturated carbocycles. The van der Waals surface area contributed by atoms with Gasteiger partial charge in [0.15, 0.2) is 8.32 Å². The Morgan fingerprint density at radius 1 is 0.941 bits per heavy atom. The Morgan fingerprint density at radius 2 is 1.41 bits per heavy atom. The van der Waals surface area contributed by atoms with Gasteiger partial charge in [-0.3, -0.25) is 0 Å². The molecule has 0 N–H and O–H groups in total. The maximum Gasteiger partial charge on any atom is 0.194 e. The molecule has 0 radical (unpaired) electrons. The van der Waals surface area contributed by atoms with E-state index in [1.807, 2.05) is 6.92 Å². The van der Waals surface area contributed by atoms with Gasteiger partial charge >= 0.3 is 0 Å². The molecule has 0 fully saturated rings. The van der Waals surface area contributed by atoms with Gasteiger partial charge in [0.25, 0.3) is 0 Å². The molecule has 0 aliphatic heterocycles. The van der Waals surface area contributed by atoms with E-state index in [9.17, 15) is 0 Å². The van der Waals surface area contributed by atoms with Gasteiger partial charge < -0.3 is 4.43 Å². The van der Waals surface area contributed by atoms with E-state index in [2.05, 4.69) is 39.5 Å². The Labute approximate surface area is 109 Å². The minimum Gasteiger partial charge on any atom is -0.403 e. The second-order valence-corrected chi connectivity index (χ2v) is 8.94. The van der Waals surface area contributed by atoms with Crippen LogP contribution in [0.1, 0.15) is 60.3 Å². The summed E-state index contributed by atoms with van der Waals surface area (Å²) >= 11 is 0. The molecule has 0 aromatic heterocycles. The monoisotopic (exact) mass is 254 g/mol. The average Bonchev–Trinajstić information content (AvgIpc) is 2.29. The molecule has 17 heavy (non-hydrogen) atoms. The molecular formula is C15H30OSi. The zero-order valence-electron chi connectivity index (χ0n) is 12.4. The summed E-state index contributed by atoms with van der Waals surface area (Å²) in [6.07, 6.45) is 4.95. The van der Waals surface area contributed by atoms with Crippen molar-refractivity contribution < 1.29 is 4.43 Å². The van der Waals surface area contributed by atoms with Crippen molar-refractivity contribution in [3.8, 4) is 11.8 Å². The summed E-state index contributed by atoms with van der Waals surface area (Å²) in [5.41, 5.74) is 0. The van der Waals surface area contributed by atoms with E-state index in [-0.39, 0.29) is 6.10 Å². The lowest BCUT2D eigenvalue weighted by Crippen LogP contribution is -2.41. The fourth-order valence-corrected chi connectivity index (χ4v) is 7.26. The van der Waals surface area contributed by atoms with E-state index < -0.39 is 8.32 Å². The molecule has 0 rings (SSSR count). The maximum atomic E-state index is 6.51. The van der Waals surface area contributed by atoms with Gasteiger partial charge in [0.1, 0.15) is 6.10 Å². The van der Waals surface area contributed by atoms with Crippen molar-refractivity contribution in [2.75, 3.05) is 0 Å². The summed E-state index contributed by atoms with van der Waals surface area (Å²) < 4.78 is 6.51. The Morgan fingerprint density at radius 3 is 1.71 bits per heavy atom. The first-order valence-electron chi connectivity index (χ1n) is 7.28. The van der Waals surface area contributed by atoms with Gasteiger partial charge in [0, 0.05) is 0 Å². The topological polar surface area (TPSA) is 9.23 Å². The van der Waals surface area contributed by atoms with Gasteiger partial charge in [-0.2, -0.15) is 0 Å². The number of hydrogen-bond acceptors (Lipinski definition) is 1. The van der Waals surface area contributed by atoms with E-state index in [1.54, 1.807) is 0 Å². The van der Waals surface area contributed by atoms with E-state index in [0.717, 1.165) is 6.42 Å². The van der Waals surface area contributed by atoms with Crippen molar-refractivity contribution in [2.45, 2.75) is 84.5 Å². The van der Waals surface area contributed by atoms with Crippen molar-refractivity contribution in [3.05, 3.63) is 0 Å². The molecule has 1 nitrogen and oxygen atoms in total. The van der Waals surface area contributed by atoms with E-state index in [1.165, 1.54) is 37.4 Å². The lowest BCUT2D eigenvalue weighted by Gasteiger charge is -2.33. The van der Waals surface area contributed by atoms with Gasteiger partial charge in [-0.1, -0.05) is 52.9 Å². The molecular weight excluding hydrogens is 224 g/mol. The largest absolute Gasteiger partial charge is 0.403 e.